The summed E-state index contributed by atoms with van der Waals surface area (Å²) in [6.45, 7) is 7.97. The lowest BCUT2D eigenvalue weighted by Crippen LogP contribution is -2.35. The van der Waals surface area contributed by atoms with Gasteiger partial charge in [0.2, 0.25) is 0 Å². The number of halogens is 1. The Morgan fingerprint density at radius 1 is 1.26 bits per heavy atom. The molecule has 0 fully saturated rings. The number of nitrogens with one attached hydrogen (secondary N) is 1. The molecule has 2 nitrogen and oxygen atoms in total. The van der Waals surface area contributed by atoms with Crippen LogP contribution in [-0.4, -0.2) is 36.8 Å². The van der Waals surface area contributed by atoms with Crippen LogP contribution in [0.4, 0.5) is 4.39 Å². The van der Waals surface area contributed by atoms with Crippen molar-refractivity contribution in [3.8, 4) is 0 Å². The summed E-state index contributed by atoms with van der Waals surface area (Å²) >= 11 is 1.57. The summed E-state index contributed by atoms with van der Waals surface area (Å²) in [6.07, 6.45) is 0. The Morgan fingerprint density at radius 3 is 2.47 bits per heavy atom. The molecule has 1 N–H and O–H groups in total. The molecule has 0 unspecified atom stereocenters. The van der Waals surface area contributed by atoms with E-state index in [4.69, 9.17) is 0 Å². The average Bonchev–Trinajstić information content (AvgIpc) is 2.27. The number of benzene rings is 1. The third kappa shape index (κ3) is 6.95. The fourth-order valence-electron chi connectivity index (χ4n) is 1.48. The summed E-state index contributed by atoms with van der Waals surface area (Å²) in [5, 5.41) is 3.36. The lowest BCUT2D eigenvalue weighted by Gasteiger charge is -2.20. The zero-order chi connectivity index (χ0) is 14.5. The van der Waals surface area contributed by atoms with Crippen molar-refractivity contribution in [1.29, 1.82) is 0 Å². The smallest absolute Gasteiger partial charge is 0.137 e. The quantitative estimate of drug-likeness (QED) is 0.806. The van der Waals surface area contributed by atoms with Crippen LogP contribution in [0.3, 0.4) is 0 Å². The van der Waals surface area contributed by atoms with Crippen LogP contribution in [0.2, 0.25) is 0 Å². The van der Waals surface area contributed by atoms with Gasteiger partial charge in [0.05, 0.1) is 0 Å². The number of nitrogens with zero attached hydrogens (tertiary/aromatic N) is 1. The maximum Gasteiger partial charge on any atom is 0.137 e. The standard InChI is InChI=1S/C15H25FN2S/c1-15(2,3)17-11-12-6-7-14(13(16)10-12)19-9-8-18(4)5/h6-7,10,17H,8-9,11H2,1-5H3. The van der Waals surface area contributed by atoms with E-state index in [1.54, 1.807) is 17.8 Å². The molecular formula is C15H25FN2S. The van der Waals surface area contributed by atoms with E-state index < -0.39 is 0 Å². The Morgan fingerprint density at radius 2 is 1.95 bits per heavy atom. The van der Waals surface area contributed by atoms with Gasteiger partial charge in [-0.1, -0.05) is 6.07 Å². The largest absolute Gasteiger partial charge is 0.309 e. The highest BCUT2D eigenvalue weighted by Gasteiger charge is 2.10. The lowest BCUT2D eigenvalue weighted by molar-refractivity contribution is 0.423. The van der Waals surface area contributed by atoms with E-state index in [9.17, 15) is 4.39 Å². The third-order valence-electron chi connectivity index (χ3n) is 2.62. The minimum Gasteiger partial charge on any atom is -0.309 e. The molecule has 0 amide bonds. The Hall–Kier alpha value is -0.580. The van der Waals surface area contributed by atoms with Gasteiger partial charge in [-0.15, -0.1) is 11.8 Å². The zero-order valence-corrected chi connectivity index (χ0v) is 13.4. The molecule has 0 aromatic heterocycles. The van der Waals surface area contributed by atoms with E-state index in [0.717, 1.165) is 22.8 Å². The van der Waals surface area contributed by atoms with Crippen molar-refractivity contribution in [2.24, 2.45) is 0 Å². The van der Waals surface area contributed by atoms with Gasteiger partial charge in [-0.3, -0.25) is 0 Å². The number of rotatable bonds is 6. The number of hydrogen-bond donors (Lipinski definition) is 1. The van der Waals surface area contributed by atoms with Crippen molar-refractivity contribution in [1.82, 2.24) is 10.2 Å². The Kier molecular flexibility index (Phi) is 6.30. The number of hydrogen-bond acceptors (Lipinski definition) is 3. The first-order chi connectivity index (χ1) is 8.78. The highest BCUT2D eigenvalue weighted by molar-refractivity contribution is 7.99. The highest BCUT2D eigenvalue weighted by Crippen LogP contribution is 2.22. The van der Waals surface area contributed by atoms with Crippen LogP contribution in [0.1, 0.15) is 26.3 Å². The maximum atomic E-state index is 13.9. The van der Waals surface area contributed by atoms with Gasteiger partial charge >= 0.3 is 0 Å². The summed E-state index contributed by atoms with van der Waals surface area (Å²) in [5.41, 5.74) is 1.04. The minimum absolute atomic E-state index is 0.0512. The fraction of sp³-hybridized carbons (Fsp3) is 0.600. The zero-order valence-electron chi connectivity index (χ0n) is 12.6. The van der Waals surface area contributed by atoms with Crippen molar-refractivity contribution >= 4 is 11.8 Å². The Balaban J connectivity index is 2.54. The van der Waals surface area contributed by atoms with E-state index in [2.05, 4.69) is 31.0 Å². The van der Waals surface area contributed by atoms with Gasteiger partial charge in [0, 0.05) is 29.3 Å². The summed E-state index contributed by atoms with van der Waals surface area (Å²) in [6, 6.07) is 5.52. The second-order valence-electron chi connectivity index (χ2n) is 6.02. The molecule has 0 heterocycles. The summed E-state index contributed by atoms with van der Waals surface area (Å²) in [5.74, 6) is 0.792. The first-order valence-electron chi connectivity index (χ1n) is 6.59. The van der Waals surface area contributed by atoms with Gasteiger partial charge in [0.25, 0.3) is 0 Å². The predicted octanol–water partition coefficient (Wildman–Crippen LogP) is 3.37. The van der Waals surface area contributed by atoms with Gasteiger partial charge in [-0.05, 0) is 52.6 Å². The van der Waals surface area contributed by atoms with Crippen molar-refractivity contribution < 1.29 is 4.39 Å². The van der Waals surface area contributed by atoms with Crippen molar-refractivity contribution in [2.75, 3.05) is 26.4 Å². The summed E-state index contributed by atoms with van der Waals surface area (Å²) in [4.78, 5) is 2.84. The van der Waals surface area contributed by atoms with E-state index in [1.165, 1.54) is 0 Å². The molecule has 1 rings (SSSR count). The monoisotopic (exact) mass is 284 g/mol. The second kappa shape index (κ2) is 7.27. The van der Waals surface area contributed by atoms with E-state index in [0.29, 0.717) is 6.54 Å². The van der Waals surface area contributed by atoms with Gasteiger partial charge in [-0.2, -0.15) is 0 Å². The van der Waals surface area contributed by atoms with E-state index in [1.807, 2.05) is 26.2 Å². The SMILES string of the molecule is CN(C)CCSc1ccc(CNC(C)(C)C)cc1F. The highest BCUT2D eigenvalue weighted by atomic mass is 32.2. The van der Waals surface area contributed by atoms with Gasteiger partial charge < -0.3 is 10.2 Å². The molecule has 0 spiro atoms. The van der Waals surface area contributed by atoms with Gasteiger partial charge in [-0.25, -0.2) is 4.39 Å². The lowest BCUT2D eigenvalue weighted by atomic mass is 10.1. The topological polar surface area (TPSA) is 15.3 Å². The number of thioether (sulfide) groups is 1. The fourth-order valence-corrected chi connectivity index (χ4v) is 2.51. The Bertz CT molecular complexity index is 400. The van der Waals surface area contributed by atoms with Crippen LogP contribution in [0.5, 0.6) is 0 Å². The van der Waals surface area contributed by atoms with Crippen LogP contribution < -0.4 is 5.32 Å². The molecule has 0 bridgehead atoms. The normalized spacial score (nSPS) is 12.2. The molecule has 0 saturated carbocycles. The van der Waals surface area contributed by atoms with Crippen molar-refractivity contribution in [3.63, 3.8) is 0 Å². The van der Waals surface area contributed by atoms with Crippen LogP contribution in [0, 0.1) is 5.82 Å². The van der Waals surface area contributed by atoms with E-state index in [-0.39, 0.29) is 11.4 Å². The first-order valence-corrected chi connectivity index (χ1v) is 7.57. The molecule has 0 aliphatic rings. The van der Waals surface area contributed by atoms with Crippen LogP contribution in [-0.2, 0) is 6.54 Å². The van der Waals surface area contributed by atoms with Crippen molar-refractivity contribution in [3.05, 3.63) is 29.6 Å². The first kappa shape index (κ1) is 16.5. The second-order valence-corrected chi connectivity index (χ2v) is 7.16. The van der Waals surface area contributed by atoms with Gasteiger partial charge in [0.1, 0.15) is 5.82 Å². The maximum absolute atomic E-state index is 13.9. The average molecular weight is 284 g/mol. The molecule has 19 heavy (non-hydrogen) atoms. The van der Waals surface area contributed by atoms with Crippen LogP contribution >= 0.6 is 11.8 Å². The van der Waals surface area contributed by atoms with Crippen LogP contribution in [0.15, 0.2) is 23.1 Å². The van der Waals surface area contributed by atoms with E-state index >= 15 is 0 Å². The summed E-state index contributed by atoms with van der Waals surface area (Å²) in [7, 11) is 4.05. The molecule has 4 heteroatoms. The minimum atomic E-state index is -0.114. The molecule has 0 saturated heterocycles. The molecule has 0 aliphatic heterocycles. The molecular weight excluding hydrogens is 259 g/mol. The summed E-state index contributed by atoms with van der Waals surface area (Å²) < 4.78 is 13.9. The molecule has 0 atom stereocenters. The predicted molar refractivity (Wildman–Crippen MR) is 82.3 cm³/mol. The molecule has 1 aromatic carbocycles. The molecule has 108 valence electrons. The Labute approximate surface area is 120 Å². The van der Waals surface area contributed by atoms with Crippen molar-refractivity contribution in [2.45, 2.75) is 37.8 Å². The third-order valence-corrected chi connectivity index (χ3v) is 3.64. The molecule has 0 radical (unpaired) electrons. The van der Waals surface area contributed by atoms with Crippen LogP contribution in [0.25, 0.3) is 0 Å². The molecule has 0 aliphatic carbocycles. The molecule has 1 aromatic rings. The van der Waals surface area contributed by atoms with Gasteiger partial charge in [0.15, 0.2) is 0 Å².